The van der Waals surface area contributed by atoms with Gasteiger partial charge in [-0.2, -0.15) is 0 Å². The molecule has 0 aliphatic carbocycles. The molecule has 1 N–H and O–H groups in total. The number of hydrogen-bond donors (Lipinski definition) is 1. The van der Waals surface area contributed by atoms with E-state index in [2.05, 4.69) is 36.2 Å². The molecule has 1 atom stereocenters. The molecule has 1 aromatic heterocycles. The molecule has 0 amide bonds. The van der Waals surface area contributed by atoms with Crippen LogP contribution in [0, 0.1) is 0 Å². The van der Waals surface area contributed by atoms with Gasteiger partial charge in [-0.3, -0.25) is 4.98 Å². The SMILES string of the molecule is CCCCCCCC/C=C\CCCCCCCCC(CCCCO)c1ccncc1. The zero-order valence-electron chi connectivity index (χ0n) is 19.9. The van der Waals surface area contributed by atoms with Crippen LogP contribution >= 0.6 is 0 Å². The lowest BCUT2D eigenvalue weighted by atomic mass is 9.89. The first kappa shape index (κ1) is 26.9. The summed E-state index contributed by atoms with van der Waals surface area (Å²) in [6.45, 7) is 2.60. The number of hydrogen-bond acceptors (Lipinski definition) is 2. The Morgan fingerprint density at radius 3 is 1.77 bits per heavy atom. The van der Waals surface area contributed by atoms with Crippen LogP contribution in [0.4, 0.5) is 0 Å². The Morgan fingerprint density at radius 2 is 1.20 bits per heavy atom. The molecule has 0 bridgehead atoms. The number of nitrogens with zero attached hydrogens (tertiary/aromatic N) is 1. The highest BCUT2D eigenvalue weighted by Crippen LogP contribution is 2.27. The first-order valence-corrected chi connectivity index (χ1v) is 13.0. The van der Waals surface area contributed by atoms with E-state index in [1.165, 1.54) is 108 Å². The van der Waals surface area contributed by atoms with Gasteiger partial charge in [0.1, 0.15) is 0 Å². The Kier molecular flexibility index (Phi) is 18.9. The van der Waals surface area contributed by atoms with Crippen LogP contribution in [0.2, 0.25) is 0 Å². The molecule has 2 nitrogen and oxygen atoms in total. The molecule has 30 heavy (non-hydrogen) atoms. The molecule has 2 heteroatoms. The number of aliphatic hydroxyl groups is 1. The molecule has 0 radical (unpaired) electrons. The fraction of sp³-hybridized carbons (Fsp3) is 0.750. The topological polar surface area (TPSA) is 33.1 Å². The molecule has 1 heterocycles. The minimum absolute atomic E-state index is 0.317. The van der Waals surface area contributed by atoms with Crippen LogP contribution in [0.25, 0.3) is 0 Å². The van der Waals surface area contributed by atoms with E-state index >= 15 is 0 Å². The molecule has 0 aliphatic rings. The van der Waals surface area contributed by atoms with E-state index in [9.17, 15) is 0 Å². The predicted octanol–water partition coefficient (Wildman–Crippen LogP) is 8.76. The van der Waals surface area contributed by atoms with E-state index in [4.69, 9.17) is 5.11 Å². The quantitative estimate of drug-likeness (QED) is 0.161. The highest BCUT2D eigenvalue weighted by Gasteiger charge is 2.10. The second-order valence-electron chi connectivity index (χ2n) is 8.92. The number of aliphatic hydroxyl groups excluding tert-OH is 1. The molecule has 0 aromatic carbocycles. The van der Waals surface area contributed by atoms with Gasteiger partial charge in [0.25, 0.3) is 0 Å². The Bertz CT molecular complexity index is 485. The van der Waals surface area contributed by atoms with E-state index in [1.54, 1.807) is 0 Å². The first-order valence-electron chi connectivity index (χ1n) is 13.0. The van der Waals surface area contributed by atoms with Crippen molar-refractivity contribution >= 4 is 0 Å². The van der Waals surface area contributed by atoms with Crippen molar-refractivity contribution in [2.45, 2.75) is 128 Å². The smallest absolute Gasteiger partial charge is 0.0431 e. The average molecular weight is 416 g/mol. The van der Waals surface area contributed by atoms with E-state index < -0.39 is 0 Å². The third-order valence-electron chi connectivity index (χ3n) is 6.20. The second kappa shape index (κ2) is 21.1. The van der Waals surface area contributed by atoms with Gasteiger partial charge in [0.2, 0.25) is 0 Å². The summed E-state index contributed by atoms with van der Waals surface area (Å²) < 4.78 is 0. The molecular weight excluding hydrogens is 366 g/mol. The van der Waals surface area contributed by atoms with Crippen molar-refractivity contribution in [3.05, 3.63) is 42.2 Å². The first-order chi connectivity index (χ1) is 14.9. The lowest BCUT2D eigenvalue weighted by Gasteiger charge is -2.17. The summed E-state index contributed by atoms with van der Waals surface area (Å²) in [6, 6.07) is 4.34. The van der Waals surface area contributed by atoms with Crippen LogP contribution < -0.4 is 0 Å². The van der Waals surface area contributed by atoms with Crippen LogP contribution in [0.3, 0.4) is 0 Å². The van der Waals surface area contributed by atoms with Gasteiger partial charge in [-0.15, -0.1) is 0 Å². The lowest BCUT2D eigenvalue weighted by Crippen LogP contribution is -2.00. The van der Waals surface area contributed by atoms with Crippen molar-refractivity contribution < 1.29 is 5.11 Å². The van der Waals surface area contributed by atoms with E-state index in [-0.39, 0.29) is 0 Å². The maximum Gasteiger partial charge on any atom is 0.0431 e. The van der Waals surface area contributed by atoms with Crippen molar-refractivity contribution in [2.75, 3.05) is 6.61 Å². The number of allylic oxidation sites excluding steroid dienone is 2. The molecule has 0 spiro atoms. The standard InChI is InChI=1S/C28H49NO/c1-2-3-4-5-6-7-8-9-10-11-12-13-14-15-16-17-20-27(21-18-19-26-30)28-22-24-29-25-23-28/h9-10,22-25,27,30H,2-8,11-21,26H2,1H3/b10-9-. The second-order valence-corrected chi connectivity index (χ2v) is 8.92. The van der Waals surface area contributed by atoms with Gasteiger partial charge in [-0.25, -0.2) is 0 Å². The summed E-state index contributed by atoms with van der Waals surface area (Å²) in [4.78, 5) is 4.16. The number of rotatable bonds is 21. The average Bonchev–Trinajstić information content (AvgIpc) is 2.78. The third-order valence-corrected chi connectivity index (χ3v) is 6.20. The molecule has 0 aliphatic heterocycles. The molecule has 0 saturated heterocycles. The van der Waals surface area contributed by atoms with Crippen molar-refractivity contribution in [2.24, 2.45) is 0 Å². The Hall–Kier alpha value is -1.15. The Labute approximate surface area is 187 Å². The molecule has 0 saturated carbocycles. The van der Waals surface area contributed by atoms with Crippen LogP contribution in [-0.2, 0) is 0 Å². The minimum Gasteiger partial charge on any atom is -0.396 e. The number of unbranched alkanes of at least 4 members (excludes halogenated alkanes) is 13. The molecule has 172 valence electrons. The van der Waals surface area contributed by atoms with Gasteiger partial charge in [0.05, 0.1) is 0 Å². The fourth-order valence-corrected chi connectivity index (χ4v) is 4.25. The number of pyridine rings is 1. The normalized spacial score (nSPS) is 12.6. The zero-order valence-corrected chi connectivity index (χ0v) is 19.9. The summed E-state index contributed by atoms with van der Waals surface area (Å²) in [7, 11) is 0. The summed E-state index contributed by atoms with van der Waals surface area (Å²) in [6.07, 6.45) is 32.3. The van der Waals surface area contributed by atoms with E-state index in [0.717, 1.165) is 12.8 Å². The van der Waals surface area contributed by atoms with Gasteiger partial charge in [-0.05, 0) is 68.6 Å². The minimum atomic E-state index is 0.317. The Balaban J connectivity index is 1.97. The molecule has 1 rings (SSSR count). The Morgan fingerprint density at radius 1 is 0.700 bits per heavy atom. The van der Waals surface area contributed by atoms with Gasteiger partial charge < -0.3 is 5.11 Å². The maximum atomic E-state index is 9.06. The van der Waals surface area contributed by atoms with Crippen LogP contribution in [0.1, 0.15) is 134 Å². The number of aromatic nitrogens is 1. The summed E-state index contributed by atoms with van der Waals surface area (Å²) in [5.74, 6) is 0.635. The zero-order chi connectivity index (χ0) is 21.5. The van der Waals surface area contributed by atoms with Crippen LogP contribution in [0.15, 0.2) is 36.7 Å². The monoisotopic (exact) mass is 415 g/mol. The molecule has 1 aromatic rings. The summed E-state index contributed by atoms with van der Waals surface area (Å²) in [5.41, 5.74) is 1.43. The highest BCUT2D eigenvalue weighted by atomic mass is 16.2. The maximum absolute atomic E-state index is 9.06. The van der Waals surface area contributed by atoms with Gasteiger partial charge in [0.15, 0.2) is 0 Å². The van der Waals surface area contributed by atoms with Crippen molar-refractivity contribution in [3.63, 3.8) is 0 Å². The third kappa shape index (κ3) is 15.7. The summed E-state index contributed by atoms with van der Waals surface area (Å²) >= 11 is 0. The van der Waals surface area contributed by atoms with E-state index in [1.807, 2.05) is 12.4 Å². The van der Waals surface area contributed by atoms with Gasteiger partial charge >= 0.3 is 0 Å². The van der Waals surface area contributed by atoms with Crippen LogP contribution in [0.5, 0.6) is 0 Å². The van der Waals surface area contributed by atoms with Crippen molar-refractivity contribution in [3.8, 4) is 0 Å². The van der Waals surface area contributed by atoms with Crippen LogP contribution in [-0.4, -0.2) is 16.7 Å². The lowest BCUT2D eigenvalue weighted by molar-refractivity contribution is 0.280. The van der Waals surface area contributed by atoms with Crippen molar-refractivity contribution in [1.82, 2.24) is 4.98 Å². The molecule has 0 fully saturated rings. The largest absolute Gasteiger partial charge is 0.396 e. The van der Waals surface area contributed by atoms with Crippen molar-refractivity contribution in [1.29, 1.82) is 0 Å². The molecular formula is C28H49NO. The highest BCUT2D eigenvalue weighted by molar-refractivity contribution is 5.15. The van der Waals surface area contributed by atoms with Gasteiger partial charge in [-0.1, -0.05) is 89.7 Å². The predicted molar refractivity (Wildman–Crippen MR) is 132 cm³/mol. The van der Waals surface area contributed by atoms with Gasteiger partial charge in [0, 0.05) is 19.0 Å². The fourth-order valence-electron chi connectivity index (χ4n) is 4.25. The van der Waals surface area contributed by atoms with E-state index in [0.29, 0.717) is 12.5 Å². The summed E-state index contributed by atoms with van der Waals surface area (Å²) in [5, 5.41) is 9.06. The molecule has 1 unspecified atom stereocenters.